The maximum Gasteiger partial charge on any atom is 0.410 e. The summed E-state index contributed by atoms with van der Waals surface area (Å²) >= 11 is 5.76. The van der Waals surface area contributed by atoms with Crippen LogP contribution in [0.15, 0.2) is 12.4 Å². The second-order valence-corrected chi connectivity index (χ2v) is 6.87. The zero-order chi connectivity index (χ0) is 16.2. The number of amides is 1. The monoisotopic (exact) mass is 326 g/mol. The van der Waals surface area contributed by atoms with Crippen molar-refractivity contribution >= 4 is 23.6 Å². The highest BCUT2D eigenvalue weighted by molar-refractivity contribution is 6.30. The molecule has 0 aromatic carbocycles. The van der Waals surface area contributed by atoms with Crippen molar-refractivity contribution in [3.8, 4) is 0 Å². The molecular formula is C15H23ClN4O2. The van der Waals surface area contributed by atoms with Gasteiger partial charge in [-0.2, -0.15) is 0 Å². The van der Waals surface area contributed by atoms with Gasteiger partial charge in [-0.1, -0.05) is 11.6 Å². The van der Waals surface area contributed by atoms with Gasteiger partial charge < -0.3 is 15.0 Å². The predicted molar refractivity (Wildman–Crippen MR) is 86.1 cm³/mol. The summed E-state index contributed by atoms with van der Waals surface area (Å²) in [6, 6.07) is 0.0860. The first-order valence-corrected chi connectivity index (χ1v) is 7.94. The summed E-state index contributed by atoms with van der Waals surface area (Å²) in [7, 11) is 0. The number of nitrogens with one attached hydrogen (secondary N) is 1. The van der Waals surface area contributed by atoms with Crippen molar-refractivity contribution in [1.29, 1.82) is 0 Å². The number of anilines is 1. The highest BCUT2D eigenvalue weighted by Gasteiger charge is 2.30. The lowest BCUT2D eigenvalue weighted by atomic mass is 10.0. The molecule has 1 fully saturated rings. The van der Waals surface area contributed by atoms with Crippen molar-refractivity contribution in [2.24, 2.45) is 0 Å². The molecule has 1 aliphatic rings. The normalized spacial score (nSPS) is 18.9. The maximum absolute atomic E-state index is 12.3. The second kappa shape index (κ2) is 7.13. The number of hydrogen-bond donors (Lipinski definition) is 1. The standard InChI is InChI=1S/C15H23ClN4O2/c1-15(2,3)22-14(21)20-7-5-4-6-12(20)10-19-13-17-8-11(16)9-18-13/h8-9,12H,4-7,10H2,1-3H3,(H,17,18,19)/t12-/m1/s1. The molecule has 7 heteroatoms. The molecule has 6 nitrogen and oxygen atoms in total. The SMILES string of the molecule is CC(C)(C)OC(=O)N1CCCC[C@@H]1CNc1ncc(Cl)cn1. The topological polar surface area (TPSA) is 67.3 Å². The molecular weight excluding hydrogens is 304 g/mol. The molecule has 1 saturated heterocycles. The Morgan fingerprint density at radius 3 is 2.73 bits per heavy atom. The first-order chi connectivity index (χ1) is 10.3. The van der Waals surface area contributed by atoms with Crippen LogP contribution in [0.3, 0.4) is 0 Å². The fourth-order valence-electron chi connectivity index (χ4n) is 2.39. The smallest absolute Gasteiger partial charge is 0.410 e. The largest absolute Gasteiger partial charge is 0.444 e. The van der Waals surface area contributed by atoms with E-state index in [0.717, 1.165) is 25.8 Å². The van der Waals surface area contributed by atoms with Gasteiger partial charge in [-0.15, -0.1) is 0 Å². The number of nitrogens with zero attached hydrogens (tertiary/aromatic N) is 3. The Bertz CT molecular complexity index is 501. The van der Waals surface area contributed by atoms with Crippen LogP contribution in [-0.4, -0.2) is 45.7 Å². The van der Waals surface area contributed by atoms with E-state index in [4.69, 9.17) is 16.3 Å². The molecule has 0 radical (unpaired) electrons. The molecule has 22 heavy (non-hydrogen) atoms. The van der Waals surface area contributed by atoms with Crippen LogP contribution in [0.1, 0.15) is 40.0 Å². The second-order valence-electron chi connectivity index (χ2n) is 6.43. The van der Waals surface area contributed by atoms with Crippen molar-refractivity contribution in [1.82, 2.24) is 14.9 Å². The van der Waals surface area contributed by atoms with Gasteiger partial charge in [-0.25, -0.2) is 14.8 Å². The number of piperidine rings is 1. The molecule has 0 saturated carbocycles. The van der Waals surface area contributed by atoms with Crippen LogP contribution in [-0.2, 0) is 4.74 Å². The Labute approximate surface area is 136 Å². The highest BCUT2D eigenvalue weighted by Crippen LogP contribution is 2.20. The van der Waals surface area contributed by atoms with Crippen molar-refractivity contribution in [3.63, 3.8) is 0 Å². The number of ether oxygens (including phenoxy) is 1. The number of hydrogen-bond acceptors (Lipinski definition) is 5. The first kappa shape index (κ1) is 16.8. The summed E-state index contributed by atoms with van der Waals surface area (Å²) in [5.74, 6) is 0.513. The van der Waals surface area contributed by atoms with Crippen LogP contribution in [0.4, 0.5) is 10.7 Å². The molecule has 0 spiro atoms. The summed E-state index contributed by atoms with van der Waals surface area (Å²) in [6.07, 6.45) is 5.89. The average Bonchev–Trinajstić information content (AvgIpc) is 2.45. The molecule has 1 aromatic rings. The molecule has 1 aliphatic heterocycles. The molecule has 2 rings (SSSR count). The summed E-state index contributed by atoms with van der Waals surface area (Å²) in [5.41, 5.74) is -0.480. The third-order valence-electron chi connectivity index (χ3n) is 3.37. The number of carbonyl (C=O) groups is 1. The molecule has 1 N–H and O–H groups in total. The molecule has 2 heterocycles. The van der Waals surface area contributed by atoms with Crippen LogP contribution in [0, 0.1) is 0 Å². The maximum atomic E-state index is 12.3. The Balaban J connectivity index is 1.94. The molecule has 122 valence electrons. The van der Waals surface area contributed by atoms with E-state index in [1.807, 2.05) is 20.8 Å². The Hall–Kier alpha value is -1.56. The van der Waals surface area contributed by atoms with E-state index in [1.54, 1.807) is 17.3 Å². The molecule has 0 unspecified atom stereocenters. The fourth-order valence-corrected chi connectivity index (χ4v) is 2.48. The molecule has 0 aliphatic carbocycles. The average molecular weight is 327 g/mol. The number of halogens is 1. The van der Waals surface area contributed by atoms with E-state index in [9.17, 15) is 4.79 Å². The van der Waals surface area contributed by atoms with Gasteiger partial charge in [-0.05, 0) is 40.0 Å². The molecule has 1 atom stereocenters. The van der Waals surface area contributed by atoms with E-state index in [0.29, 0.717) is 17.5 Å². The van der Waals surface area contributed by atoms with Crippen molar-refractivity contribution < 1.29 is 9.53 Å². The minimum absolute atomic E-state index is 0.0860. The zero-order valence-corrected chi connectivity index (χ0v) is 14.1. The van der Waals surface area contributed by atoms with Gasteiger partial charge in [0, 0.05) is 13.1 Å². The van der Waals surface area contributed by atoms with Crippen molar-refractivity contribution in [2.45, 2.75) is 51.7 Å². The third kappa shape index (κ3) is 5.02. The van der Waals surface area contributed by atoms with E-state index < -0.39 is 5.60 Å². The zero-order valence-electron chi connectivity index (χ0n) is 13.3. The van der Waals surface area contributed by atoms with Gasteiger partial charge in [-0.3, -0.25) is 0 Å². The predicted octanol–water partition coefficient (Wildman–Crippen LogP) is 3.33. The molecule has 0 bridgehead atoms. The van der Waals surface area contributed by atoms with Gasteiger partial charge in [0.2, 0.25) is 5.95 Å². The van der Waals surface area contributed by atoms with Gasteiger partial charge >= 0.3 is 6.09 Å². The van der Waals surface area contributed by atoms with Crippen LogP contribution >= 0.6 is 11.6 Å². The van der Waals surface area contributed by atoms with E-state index in [2.05, 4.69) is 15.3 Å². The summed E-state index contributed by atoms with van der Waals surface area (Å²) in [4.78, 5) is 22.3. The van der Waals surface area contributed by atoms with Crippen LogP contribution < -0.4 is 5.32 Å². The van der Waals surface area contributed by atoms with Gasteiger partial charge in [0.25, 0.3) is 0 Å². The Kier molecular flexibility index (Phi) is 5.45. The highest BCUT2D eigenvalue weighted by atomic mass is 35.5. The van der Waals surface area contributed by atoms with Gasteiger partial charge in [0.15, 0.2) is 0 Å². The Morgan fingerprint density at radius 2 is 2.09 bits per heavy atom. The van der Waals surface area contributed by atoms with Crippen LogP contribution in [0.25, 0.3) is 0 Å². The summed E-state index contributed by atoms with van der Waals surface area (Å²) in [5, 5.41) is 3.66. The van der Waals surface area contributed by atoms with Crippen molar-refractivity contribution in [2.75, 3.05) is 18.4 Å². The minimum Gasteiger partial charge on any atom is -0.444 e. The van der Waals surface area contributed by atoms with Crippen LogP contribution in [0.2, 0.25) is 5.02 Å². The van der Waals surface area contributed by atoms with Gasteiger partial charge in [0.05, 0.1) is 23.5 Å². The van der Waals surface area contributed by atoms with E-state index in [-0.39, 0.29) is 12.1 Å². The number of carbonyl (C=O) groups excluding carboxylic acids is 1. The summed E-state index contributed by atoms with van der Waals surface area (Å²) in [6.45, 7) is 6.96. The number of aromatic nitrogens is 2. The van der Waals surface area contributed by atoms with Crippen molar-refractivity contribution in [3.05, 3.63) is 17.4 Å². The number of likely N-dealkylation sites (tertiary alicyclic amines) is 1. The fraction of sp³-hybridized carbons (Fsp3) is 0.667. The van der Waals surface area contributed by atoms with Crippen LogP contribution in [0.5, 0.6) is 0 Å². The van der Waals surface area contributed by atoms with E-state index >= 15 is 0 Å². The van der Waals surface area contributed by atoms with E-state index in [1.165, 1.54) is 0 Å². The molecule has 1 aromatic heterocycles. The lowest BCUT2D eigenvalue weighted by Gasteiger charge is -2.36. The Morgan fingerprint density at radius 1 is 1.41 bits per heavy atom. The number of rotatable bonds is 3. The minimum atomic E-state index is -0.480. The quantitative estimate of drug-likeness (QED) is 0.922. The molecule has 1 amide bonds. The van der Waals surface area contributed by atoms with Gasteiger partial charge in [0.1, 0.15) is 5.60 Å². The summed E-state index contributed by atoms with van der Waals surface area (Å²) < 4.78 is 5.49. The first-order valence-electron chi connectivity index (χ1n) is 7.56. The third-order valence-corrected chi connectivity index (χ3v) is 3.57. The lowest BCUT2D eigenvalue weighted by Crippen LogP contribution is -2.49. The lowest BCUT2D eigenvalue weighted by molar-refractivity contribution is 0.0114.